The average molecular weight is 184 g/mol. The van der Waals surface area contributed by atoms with Crippen LogP contribution in [0.4, 0.5) is 0 Å². The Balaban J connectivity index is 4.41. The lowest BCUT2D eigenvalue weighted by molar-refractivity contribution is -0.152. The SMILES string of the molecule is CC[P+]([O-])=CS(=O)(=O)OC. The summed E-state index contributed by atoms with van der Waals surface area (Å²) in [6.45, 7) is 1.64. The summed E-state index contributed by atoms with van der Waals surface area (Å²) in [7, 11) is -4.37. The topological polar surface area (TPSA) is 66.4 Å². The van der Waals surface area contributed by atoms with Gasteiger partial charge in [-0.25, -0.2) is 0 Å². The lowest BCUT2D eigenvalue weighted by Crippen LogP contribution is -2.05. The number of rotatable bonds is 3. The summed E-state index contributed by atoms with van der Waals surface area (Å²) in [5, 5.41) is 0.725. The Labute approximate surface area is 61.4 Å². The van der Waals surface area contributed by atoms with Crippen LogP contribution in [0.15, 0.2) is 0 Å². The molecule has 1 atom stereocenters. The summed E-state index contributed by atoms with van der Waals surface area (Å²) in [5.41, 5.74) is 0. The summed E-state index contributed by atoms with van der Waals surface area (Å²) >= 11 is 0. The van der Waals surface area contributed by atoms with E-state index < -0.39 is 17.9 Å². The zero-order valence-corrected chi connectivity index (χ0v) is 7.48. The van der Waals surface area contributed by atoms with E-state index in [9.17, 15) is 13.3 Å². The average Bonchev–Trinajstić information content (AvgIpc) is 1.87. The van der Waals surface area contributed by atoms with E-state index in [-0.39, 0.29) is 0 Å². The summed E-state index contributed by atoms with van der Waals surface area (Å²) < 4.78 is 25.1. The van der Waals surface area contributed by atoms with Crippen molar-refractivity contribution in [3.8, 4) is 0 Å². The second kappa shape index (κ2) is 4.03. The second-order valence-corrected chi connectivity index (χ2v) is 5.13. The predicted octanol–water partition coefficient (Wildman–Crippen LogP) is -0.501. The molecule has 0 radical (unpaired) electrons. The molecule has 0 saturated heterocycles. The van der Waals surface area contributed by atoms with Gasteiger partial charge in [0.2, 0.25) is 5.13 Å². The van der Waals surface area contributed by atoms with Crippen molar-refractivity contribution in [1.82, 2.24) is 0 Å². The third-order valence-corrected chi connectivity index (χ3v) is 3.85. The Bertz CT molecular complexity index is 217. The summed E-state index contributed by atoms with van der Waals surface area (Å²) in [4.78, 5) is 10.6. The van der Waals surface area contributed by atoms with Gasteiger partial charge in [0.05, 0.1) is 14.9 Å². The maximum absolute atomic E-state index is 10.6. The van der Waals surface area contributed by atoms with Crippen LogP contribution in [-0.4, -0.2) is 26.8 Å². The van der Waals surface area contributed by atoms with Gasteiger partial charge in [0.15, 0.2) is 0 Å². The molecule has 0 fully saturated rings. The van der Waals surface area contributed by atoms with E-state index in [1.165, 1.54) is 0 Å². The van der Waals surface area contributed by atoms with Gasteiger partial charge < -0.3 is 4.89 Å². The van der Waals surface area contributed by atoms with Gasteiger partial charge in [-0.3, -0.25) is 4.18 Å². The minimum absolute atomic E-state index is 0.317. The molecule has 0 bridgehead atoms. The number of hydrogen-bond acceptors (Lipinski definition) is 4. The van der Waals surface area contributed by atoms with Crippen LogP contribution in [0.5, 0.6) is 0 Å². The van der Waals surface area contributed by atoms with E-state index in [2.05, 4.69) is 4.18 Å². The maximum atomic E-state index is 10.6. The quantitative estimate of drug-likeness (QED) is 0.438. The van der Waals surface area contributed by atoms with Crippen LogP contribution in [0.3, 0.4) is 0 Å². The Kier molecular flexibility index (Phi) is 4.05. The highest BCUT2D eigenvalue weighted by molar-refractivity contribution is 8.06. The first-order chi connectivity index (χ1) is 4.52. The number of hydrogen-bond donors (Lipinski definition) is 0. The van der Waals surface area contributed by atoms with E-state index in [1.54, 1.807) is 6.92 Å². The smallest absolute Gasteiger partial charge is 0.329 e. The van der Waals surface area contributed by atoms with Crippen LogP contribution in [0.2, 0.25) is 0 Å². The van der Waals surface area contributed by atoms with Gasteiger partial charge >= 0.3 is 10.1 Å². The minimum atomic E-state index is -3.64. The van der Waals surface area contributed by atoms with E-state index in [0.29, 0.717) is 6.16 Å². The van der Waals surface area contributed by atoms with Gasteiger partial charge in [-0.2, -0.15) is 8.42 Å². The third-order valence-electron chi connectivity index (χ3n) is 0.791. The molecule has 0 aliphatic heterocycles. The highest BCUT2D eigenvalue weighted by Gasteiger charge is 2.07. The Morgan fingerprint density at radius 2 is 2.20 bits per heavy atom. The van der Waals surface area contributed by atoms with Gasteiger partial charge in [-0.1, -0.05) is 0 Å². The summed E-state index contributed by atoms with van der Waals surface area (Å²) in [6, 6.07) is 0. The van der Waals surface area contributed by atoms with Crippen LogP contribution in [0, 0.1) is 0 Å². The van der Waals surface area contributed by atoms with Crippen LogP contribution in [-0.2, 0) is 14.3 Å². The molecule has 0 amide bonds. The molecule has 0 rings (SSSR count). The van der Waals surface area contributed by atoms with Crippen LogP contribution >= 0.6 is 7.77 Å². The molecule has 0 aliphatic carbocycles. The summed E-state index contributed by atoms with van der Waals surface area (Å²) in [6.07, 6.45) is 0.317. The Morgan fingerprint density at radius 3 is 2.50 bits per heavy atom. The lowest BCUT2D eigenvalue weighted by Gasteiger charge is -1.92. The summed E-state index contributed by atoms with van der Waals surface area (Å²) in [5.74, 6) is 0. The van der Waals surface area contributed by atoms with Crippen molar-refractivity contribution in [1.29, 1.82) is 0 Å². The minimum Gasteiger partial charge on any atom is -0.630 e. The van der Waals surface area contributed by atoms with Gasteiger partial charge in [0.25, 0.3) is 0 Å². The van der Waals surface area contributed by atoms with Crippen LogP contribution in [0.1, 0.15) is 6.92 Å². The molecule has 0 spiro atoms. The molecule has 0 saturated carbocycles. The monoisotopic (exact) mass is 184 g/mol. The zero-order chi connectivity index (χ0) is 8.20. The molecule has 0 N–H and O–H groups in total. The first-order valence-corrected chi connectivity index (χ1v) is 5.59. The van der Waals surface area contributed by atoms with Crippen LogP contribution < -0.4 is 4.89 Å². The second-order valence-electron chi connectivity index (χ2n) is 1.50. The molecule has 0 aromatic rings. The Morgan fingerprint density at radius 1 is 1.70 bits per heavy atom. The van der Waals surface area contributed by atoms with E-state index in [4.69, 9.17) is 0 Å². The normalized spacial score (nSPS) is 13.7. The van der Waals surface area contributed by atoms with E-state index >= 15 is 0 Å². The largest absolute Gasteiger partial charge is 0.630 e. The predicted molar refractivity (Wildman–Crippen MR) is 39.5 cm³/mol. The molecular weight excluding hydrogens is 175 g/mol. The van der Waals surface area contributed by atoms with E-state index in [1.807, 2.05) is 0 Å². The standard InChI is InChI=1S/C4H9O4PS/c1-3-9(5)4-10(6,7)8-2/h4H,3H2,1-2H3. The third kappa shape index (κ3) is 3.95. The van der Waals surface area contributed by atoms with Crippen molar-refractivity contribution in [2.24, 2.45) is 0 Å². The molecule has 0 aliphatic rings. The molecule has 10 heavy (non-hydrogen) atoms. The molecule has 0 aromatic heterocycles. The zero-order valence-electron chi connectivity index (χ0n) is 5.77. The molecule has 4 nitrogen and oxygen atoms in total. The lowest BCUT2D eigenvalue weighted by atomic mass is 11.0. The molecule has 6 heteroatoms. The fourth-order valence-corrected chi connectivity index (χ4v) is 2.35. The van der Waals surface area contributed by atoms with Crippen molar-refractivity contribution in [3.05, 3.63) is 0 Å². The van der Waals surface area contributed by atoms with Gasteiger partial charge in [-0.15, -0.1) is 0 Å². The van der Waals surface area contributed by atoms with Crippen LogP contribution in [0.25, 0.3) is 0 Å². The fraction of sp³-hybridized carbons (Fsp3) is 0.750. The fourth-order valence-electron chi connectivity index (χ4n) is 0.262. The molecule has 60 valence electrons. The molecule has 0 heterocycles. The van der Waals surface area contributed by atoms with Crippen molar-refractivity contribution in [3.63, 3.8) is 0 Å². The molecular formula is C4H9O4PS. The highest BCUT2D eigenvalue weighted by atomic mass is 32.2. The van der Waals surface area contributed by atoms with Crippen molar-refractivity contribution in [2.75, 3.05) is 13.3 Å². The highest BCUT2D eigenvalue weighted by Crippen LogP contribution is 2.08. The molecule has 1 unspecified atom stereocenters. The maximum Gasteiger partial charge on any atom is 0.329 e. The van der Waals surface area contributed by atoms with Crippen molar-refractivity contribution in [2.45, 2.75) is 6.92 Å². The van der Waals surface area contributed by atoms with Gasteiger partial charge in [-0.05, 0) is 6.92 Å². The Hall–Kier alpha value is 0.0400. The van der Waals surface area contributed by atoms with Crippen molar-refractivity contribution >= 4 is 23.0 Å². The van der Waals surface area contributed by atoms with Gasteiger partial charge in [0, 0.05) is 0 Å². The first kappa shape index (κ1) is 10.0. The van der Waals surface area contributed by atoms with Crippen molar-refractivity contribution < 1.29 is 17.5 Å². The van der Waals surface area contributed by atoms with Gasteiger partial charge in [0.1, 0.15) is 6.16 Å². The van der Waals surface area contributed by atoms with E-state index in [0.717, 1.165) is 12.2 Å². The molecule has 0 aromatic carbocycles. The first-order valence-electron chi connectivity index (χ1n) is 2.61.